The molecule has 1 amide bonds. The fraction of sp³-hybridized carbons (Fsp3) is 0.208. The molecule has 30 heavy (non-hydrogen) atoms. The van der Waals surface area contributed by atoms with E-state index in [1.54, 1.807) is 21.3 Å². The van der Waals surface area contributed by atoms with E-state index < -0.39 is 0 Å². The fourth-order valence-electron chi connectivity index (χ4n) is 3.65. The van der Waals surface area contributed by atoms with E-state index in [9.17, 15) is 4.79 Å². The molecule has 6 heteroatoms. The summed E-state index contributed by atoms with van der Waals surface area (Å²) in [6.07, 6.45) is 2.06. The topological polar surface area (TPSA) is 51.0 Å². The van der Waals surface area contributed by atoms with Crippen LogP contribution in [0, 0.1) is 6.92 Å². The van der Waals surface area contributed by atoms with Crippen molar-refractivity contribution in [2.24, 2.45) is 7.05 Å². The van der Waals surface area contributed by atoms with Gasteiger partial charge in [0.1, 0.15) is 0 Å². The molecule has 0 aliphatic carbocycles. The highest BCUT2D eigenvalue weighted by atomic mass is 32.2. The molecule has 4 rings (SSSR count). The molecule has 0 saturated heterocycles. The maximum absolute atomic E-state index is 13.5. The number of aryl methyl sites for hydroxylation is 2. The van der Waals surface area contributed by atoms with Gasteiger partial charge in [0.25, 0.3) is 5.91 Å². The van der Waals surface area contributed by atoms with Gasteiger partial charge in [-0.25, -0.2) is 4.98 Å². The van der Waals surface area contributed by atoms with Crippen molar-refractivity contribution in [3.05, 3.63) is 77.5 Å². The Morgan fingerprint density at radius 2 is 1.80 bits per heavy atom. The first-order chi connectivity index (χ1) is 14.5. The Bertz CT molecular complexity index is 1200. The van der Waals surface area contributed by atoms with Gasteiger partial charge in [0.15, 0.2) is 5.65 Å². The summed E-state index contributed by atoms with van der Waals surface area (Å²) in [4.78, 5) is 21.3. The van der Waals surface area contributed by atoms with Gasteiger partial charge in [0, 0.05) is 31.1 Å². The molecule has 0 bridgehead atoms. The maximum Gasteiger partial charge on any atom is 0.254 e. The van der Waals surface area contributed by atoms with Crippen molar-refractivity contribution in [3.63, 3.8) is 0 Å². The van der Waals surface area contributed by atoms with Crippen LogP contribution in [0.1, 0.15) is 21.6 Å². The third-order valence-electron chi connectivity index (χ3n) is 5.19. The second kappa shape index (κ2) is 8.32. The third kappa shape index (κ3) is 3.83. The Morgan fingerprint density at radius 3 is 2.47 bits per heavy atom. The number of fused-ring (bicyclic) bond motifs is 1. The number of benzene rings is 2. The smallest absolute Gasteiger partial charge is 0.254 e. The van der Waals surface area contributed by atoms with E-state index in [2.05, 4.69) is 35.6 Å². The zero-order valence-corrected chi connectivity index (χ0v) is 18.4. The third-order valence-corrected chi connectivity index (χ3v) is 5.94. The fourth-order valence-corrected chi connectivity index (χ4v) is 4.06. The van der Waals surface area contributed by atoms with E-state index in [0.717, 1.165) is 33.5 Å². The maximum atomic E-state index is 13.5. The highest BCUT2D eigenvalue weighted by Crippen LogP contribution is 2.28. The predicted molar refractivity (Wildman–Crippen MR) is 123 cm³/mol. The van der Waals surface area contributed by atoms with Crippen LogP contribution in [0.25, 0.3) is 22.3 Å². The number of pyridine rings is 1. The number of hydrogen-bond donors (Lipinski definition) is 0. The first-order valence-corrected chi connectivity index (χ1v) is 11.0. The number of thioether (sulfide) groups is 1. The van der Waals surface area contributed by atoms with Gasteiger partial charge in [-0.3, -0.25) is 9.48 Å². The van der Waals surface area contributed by atoms with Crippen molar-refractivity contribution in [1.82, 2.24) is 19.7 Å². The number of nitrogens with zero attached hydrogens (tertiary/aromatic N) is 4. The van der Waals surface area contributed by atoms with Gasteiger partial charge in [-0.1, -0.05) is 42.5 Å². The SMILES string of the molecule is CSc1ccc(CN(C)C(=O)c2cc(-c3ccccc3)nc3c2c(C)nn3C)cc1. The Hall–Kier alpha value is -3.12. The minimum absolute atomic E-state index is 0.0374. The molecule has 2 aromatic carbocycles. The summed E-state index contributed by atoms with van der Waals surface area (Å²) in [5, 5.41) is 5.32. The van der Waals surface area contributed by atoms with E-state index in [0.29, 0.717) is 12.1 Å². The minimum atomic E-state index is -0.0374. The molecule has 0 spiro atoms. The molecule has 152 valence electrons. The average Bonchev–Trinajstić information content (AvgIpc) is 3.07. The molecule has 0 radical (unpaired) electrons. The summed E-state index contributed by atoms with van der Waals surface area (Å²) in [6, 6.07) is 20.1. The minimum Gasteiger partial charge on any atom is -0.337 e. The normalized spacial score (nSPS) is 11.1. The Labute approximate surface area is 180 Å². The molecule has 4 aromatic rings. The largest absolute Gasteiger partial charge is 0.337 e. The van der Waals surface area contributed by atoms with Crippen LogP contribution in [0.15, 0.2) is 65.6 Å². The lowest BCUT2D eigenvalue weighted by Crippen LogP contribution is -2.26. The lowest BCUT2D eigenvalue weighted by molar-refractivity contribution is 0.0787. The number of carbonyl (C=O) groups excluding carboxylic acids is 1. The number of carbonyl (C=O) groups is 1. The lowest BCUT2D eigenvalue weighted by atomic mass is 10.0. The van der Waals surface area contributed by atoms with Crippen LogP contribution in [0.2, 0.25) is 0 Å². The molecule has 0 N–H and O–H groups in total. The summed E-state index contributed by atoms with van der Waals surface area (Å²) in [6.45, 7) is 2.46. The Morgan fingerprint density at radius 1 is 1.10 bits per heavy atom. The molecule has 5 nitrogen and oxygen atoms in total. The monoisotopic (exact) mass is 416 g/mol. The van der Waals surface area contributed by atoms with Gasteiger partial charge in [-0.15, -0.1) is 11.8 Å². The van der Waals surface area contributed by atoms with Crippen LogP contribution in [0.5, 0.6) is 0 Å². The molecular weight excluding hydrogens is 392 g/mol. The van der Waals surface area contributed by atoms with Gasteiger partial charge in [0.05, 0.1) is 22.3 Å². The number of amides is 1. The van der Waals surface area contributed by atoms with E-state index >= 15 is 0 Å². The standard InChI is InChI=1S/C24H24N4OS/c1-16-22-20(24(29)27(2)15-17-10-12-19(30-4)13-11-17)14-21(18-8-6-5-7-9-18)25-23(22)28(3)26-16/h5-14H,15H2,1-4H3. The van der Waals surface area contributed by atoms with Crippen LogP contribution in [-0.2, 0) is 13.6 Å². The number of hydrogen-bond acceptors (Lipinski definition) is 4. The Kier molecular flexibility index (Phi) is 5.59. The van der Waals surface area contributed by atoms with Gasteiger partial charge >= 0.3 is 0 Å². The average molecular weight is 417 g/mol. The molecule has 0 unspecified atom stereocenters. The van der Waals surface area contributed by atoms with Gasteiger partial charge < -0.3 is 4.90 Å². The van der Waals surface area contributed by atoms with Crippen molar-refractivity contribution < 1.29 is 4.79 Å². The van der Waals surface area contributed by atoms with Crippen LogP contribution in [0.3, 0.4) is 0 Å². The van der Waals surface area contributed by atoms with Crippen molar-refractivity contribution in [1.29, 1.82) is 0 Å². The van der Waals surface area contributed by atoms with E-state index in [1.807, 2.05) is 57.4 Å². The Balaban J connectivity index is 1.75. The van der Waals surface area contributed by atoms with Gasteiger partial charge in [0.2, 0.25) is 0 Å². The first-order valence-electron chi connectivity index (χ1n) is 9.76. The molecule has 0 atom stereocenters. The van der Waals surface area contributed by atoms with Crippen LogP contribution < -0.4 is 0 Å². The van der Waals surface area contributed by atoms with E-state index in [1.165, 1.54) is 4.90 Å². The zero-order chi connectivity index (χ0) is 21.3. The van der Waals surface area contributed by atoms with Gasteiger partial charge in [-0.05, 0) is 36.9 Å². The predicted octanol–water partition coefficient (Wildman–Crippen LogP) is 4.94. The number of rotatable bonds is 5. The van der Waals surface area contributed by atoms with E-state index in [-0.39, 0.29) is 5.91 Å². The van der Waals surface area contributed by atoms with Crippen molar-refractivity contribution in [2.45, 2.75) is 18.4 Å². The summed E-state index contributed by atoms with van der Waals surface area (Å²) in [7, 11) is 3.70. The summed E-state index contributed by atoms with van der Waals surface area (Å²) in [5.41, 5.74) is 5.00. The van der Waals surface area contributed by atoms with Crippen LogP contribution in [0.4, 0.5) is 0 Å². The molecule has 0 aliphatic rings. The van der Waals surface area contributed by atoms with Crippen LogP contribution in [-0.4, -0.2) is 38.9 Å². The first kappa shape index (κ1) is 20.2. The molecule has 0 aliphatic heterocycles. The summed E-state index contributed by atoms with van der Waals surface area (Å²) in [5.74, 6) is -0.0374. The highest BCUT2D eigenvalue weighted by molar-refractivity contribution is 7.98. The van der Waals surface area contributed by atoms with E-state index in [4.69, 9.17) is 4.98 Å². The lowest BCUT2D eigenvalue weighted by Gasteiger charge is -2.19. The summed E-state index contributed by atoms with van der Waals surface area (Å²) < 4.78 is 1.75. The second-order valence-corrected chi connectivity index (χ2v) is 8.22. The molecular formula is C24H24N4OS. The zero-order valence-electron chi connectivity index (χ0n) is 17.6. The molecule has 0 saturated carbocycles. The highest BCUT2D eigenvalue weighted by Gasteiger charge is 2.21. The van der Waals surface area contributed by atoms with Crippen molar-refractivity contribution in [2.75, 3.05) is 13.3 Å². The quantitative estimate of drug-likeness (QED) is 0.433. The van der Waals surface area contributed by atoms with Crippen LogP contribution >= 0.6 is 11.8 Å². The van der Waals surface area contributed by atoms with Crippen molar-refractivity contribution >= 4 is 28.7 Å². The molecule has 2 heterocycles. The summed E-state index contributed by atoms with van der Waals surface area (Å²) >= 11 is 1.71. The van der Waals surface area contributed by atoms with Gasteiger partial charge in [-0.2, -0.15) is 5.10 Å². The molecule has 0 fully saturated rings. The molecule has 2 aromatic heterocycles. The number of aromatic nitrogens is 3. The van der Waals surface area contributed by atoms with Crippen molar-refractivity contribution in [3.8, 4) is 11.3 Å². The second-order valence-electron chi connectivity index (χ2n) is 7.34.